The summed E-state index contributed by atoms with van der Waals surface area (Å²) in [6.07, 6.45) is 0.945. The Morgan fingerprint density at radius 3 is 2.25 bits per heavy atom. The number of carbonyl (C=O) groups is 2. The van der Waals surface area contributed by atoms with Crippen molar-refractivity contribution in [1.82, 2.24) is 4.90 Å². The minimum atomic E-state index is -0.0862. The fraction of sp³-hybridized carbons (Fsp3) is 0.778. The Morgan fingerprint density at radius 1 is 1.42 bits per heavy atom. The van der Waals surface area contributed by atoms with E-state index in [1.807, 2.05) is 13.8 Å². The van der Waals surface area contributed by atoms with Crippen molar-refractivity contribution in [3.05, 3.63) is 0 Å². The maximum atomic E-state index is 11.3. The van der Waals surface area contributed by atoms with Crippen LogP contribution in [0.2, 0.25) is 0 Å². The maximum absolute atomic E-state index is 11.3. The van der Waals surface area contributed by atoms with Gasteiger partial charge in [0.05, 0.1) is 6.42 Å². The number of ketones is 1. The molecular formula is C9H17NO2. The van der Waals surface area contributed by atoms with Crippen LogP contribution in [0.5, 0.6) is 0 Å². The summed E-state index contributed by atoms with van der Waals surface area (Å²) < 4.78 is 0. The van der Waals surface area contributed by atoms with Crippen LogP contribution in [0.1, 0.15) is 33.6 Å². The molecule has 1 unspecified atom stereocenters. The van der Waals surface area contributed by atoms with Gasteiger partial charge in [-0.25, -0.2) is 0 Å². The molecule has 0 aromatic heterocycles. The van der Waals surface area contributed by atoms with Gasteiger partial charge in [-0.15, -0.1) is 0 Å². The molecule has 0 aliphatic rings. The Morgan fingerprint density at radius 2 is 1.92 bits per heavy atom. The normalized spacial score (nSPS) is 12.3. The highest BCUT2D eigenvalue weighted by atomic mass is 16.2. The summed E-state index contributed by atoms with van der Waals surface area (Å²) in [5, 5.41) is 0. The van der Waals surface area contributed by atoms with Gasteiger partial charge in [0, 0.05) is 13.1 Å². The predicted molar refractivity (Wildman–Crippen MR) is 47.8 cm³/mol. The number of nitrogens with zero attached hydrogens (tertiary/aromatic N) is 1. The first kappa shape index (κ1) is 11.1. The zero-order chi connectivity index (χ0) is 9.72. The van der Waals surface area contributed by atoms with E-state index in [4.69, 9.17) is 0 Å². The van der Waals surface area contributed by atoms with Crippen molar-refractivity contribution in [1.29, 1.82) is 0 Å². The van der Waals surface area contributed by atoms with E-state index in [0.29, 0.717) is 0 Å². The third kappa shape index (κ3) is 3.51. The van der Waals surface area contributed by atoms with Crippen LogP contribution in [0, 0.1) is 0 Å². The number of carbonyl (C=O) groups excluding carboxylic acids is 2. The van der Waals surface area contributed by atoms with Gasteiger partial charge in [0.2, 0.25) is 5.91 Å². The summed E-state index contributed by atoms with van der Waals surface area (Å²) in [6, 6.07) is 0.219. The van der Waals surface area contributed by atoms with E-state index < -0.39 is 0 Å². The molecule has 0 fully saturated rings. The molecule has 3 heteroatoms. The lowest BCUT2D eigenvalue weighted by Gasteiger charge is -2.23. The summed E-state index contributed by atoms with van der Waals surface area (Å²) in [4.78, 5) is 23.5. The quantitative estimate of drug-likeness (QED) is 0.596. The van der Waals surface area contributed by atoms with Crippen LogP contribution < -0.4 is 0 Å². The Bertz CT molecular complexity index is 177. The second-order valence-corrected chi connectivity index (χ2v) is 3.14. The fourth-order valence-electron chi connectivity index (χ4n) is 0.857. The Labute approximate surface area is 73.7 Å². The first-order chi connectivity index (χ1) is 5.49. The van der Waals surface area contributed by atoms with Gasteiger partial charge in [-0.2, -0.15) is 0 Å². The van der Waals surface area contributed by atoms with Crippen LogP contribution >= 0.6 is 0 Å². The van der Waals surface area contributed by atoms with Crippen molar-refractivity contribution in [2.24, 2.45) is 0 Å². The highest BCUT2D eigenvalue weighted by Gasteiger charge is 2.14. The van der Waals surface area contributed by atoms with E-state index in [-0.39, 0.29) is 24.2 Å². The van der Waals surface area contributed by atoms with Crippen molar-refractivity contribution in [3.8, 4) is 0 Å². The SMILES string of the molecule is CCC(C)N(C)C(=O)CC(C)=O. The fourth-order valence-corrected chi connectivity index (χ4v) is 0.857. The van der Waals surface area contributed by atoms with Gasteiger partial charge in [0.15, 0.2) is 0 Å². The molecule has 1 atom stereocenters. The molecule has 1 amide bonds. The van der Waals surface area contributed by atoms with Crippen LogP contribution in [-0.2, 0) is 9.59 Å². The summed E-state index contributed by atoms with van der Waals surface area (Å²) in [7, 11) is 1.74. The average molecular weight is 171 g/mol. The number of Topliss-reactive ketones (excluding diaryl/α,β-unsaturated/α-hetero) is 1. The number of amides is 1. The lowest BCUT2D eigenvalue weighted by atomic mass is 10.2. The van der Waals surface area contributed by atoms with Gasteiger partial charge >= 0.3 is 0 Å². The standard InChI is InChI=1S/C9H17NO2/c1-5-7(2)10(4)9(12)6-8(3)11/h7H,5-6H2,1-4H3. The number of hydrogen-bond donors (Lipinski definition) is 0. The van der Waals surface area contributed by atoms with Crippen LogP contribution in [0.25, 0.3) is 0 Å². The van der Waals surface area contributed by atoms with Crippen molar-refractivity contribution in [3.63, 3.8) is 0 Å². The third-order valence-electron chi connectivity index (χ3n) is 2.05. The van der Waals surface area contributed by atoms with Gasteiger partial charge in [-0.3, -0.25) is 9.59 Å². The third-order valence-corrected chi connectivity index (χ3v) is 2.05. The highest BCUT2D eigenvalue weighted by Crippen LogP contribution is 2.02. The first-order valence-corrected chi connectivity index (χ1v) is 4.24. The maximum Gasteiger partial charge on any atom is 0.229 e. The zero-order valence-electron chi connectivity index (χ0n) is 8.26. The first-order valence-electron chi connectivity index (χ1n) is 4.24. The molecule has 0 heterocycles. The van der Waals surface area contributed by atoms with Gasteiger partial charge in [0.25, 0.3) is 0 Å². The minimum absolute atomic E-state index is 0.0286. The lowest BCUT2D eigenvalue weighted by Crippen LogP contribution is -2.35. The molecule has 12 heavy (non-hydrogen) atoms. The molecule has 0 bridgehead atoms. The zero-order valence-corrected chi connectivity index (χ0v) is 8.26. The largest absolute Gasteiger partial charge is 0.343 e. The van der Waals surface area contributed by atoms with Gasteiger partial charge in [0.1, 0.15) is 5.78 Å². The lowest BCUT2D eigenvalue weighted by molar-refractivity contribution is -0.135. The summed E-state index contributed by atoms with van der Waals surface area (Å²) in [6.45, 7) is 5.42. The van der Waals surface area contributed by atoms with E-state index in [2.05, 4.69) is 0 Å². The minimum Gasteiger partial charge on any atom is -0.343 e. The molecule has 0 saturated carbocycles. The molecule has 0 aliphatic heterocycles. The van der Waals surface area contributed by atoms with E-state index in [9.17, 15) is 9.59 Å². The molecule has 0 rings (SSSR count). The van der Waals surface area contributed by atoms with Gasteiger partial charge in [-0.1, -0.05) is 6.92 Å². The Balaban J connectivity index is 4.01. The molecule has 0 aromatic carbocycles. The second kappa shape index (κ2) is 4.91. The molecule has 3 nitrogen and oxygen atoms in total. The van der Waals surface area contributed by atoms with Crippen molar-refractivity contribution < 1.29 is 9.59 Å². The highest BCUT2D eigenvalue weighted by molar-refractivity contribution is 5.96. The van der Waals surface area contributed by atoms with Crippen LogP contribution in [0.4, 0.5) is 0 Å². The smallest absolute Gasteiger partial charge is 0.229 e. The molecule has 0 aromatic rings. The Hall–Kier alpha value is -0.860. The van der Waals surface area contributed by atoms with Crippen molar-refractivity contribution >= 4 is 11.7 Å². The van der Waals surface area contributed by atoms with E-state index >= 15 is 0 Å². The topological polar surface area (TPSA) is 37.4 Å². The number of hydrogen-bond acceptors (Lipinski definition) is 2. The van der Waals surface area contributed by atoms with E-state index in [1.165, 1.54) is 6.92 Å². The van der Waals surface area contributed by atoms with Crippen LogP contribution in [0.3, 0.4) is 0 Å². The molecule has 0 spiro atoms. The van der Waals surface area contributed by atoms with E-state index in [0.717, 1.165) is 6.42 Å². The molecule has 0 aliphatic carbocycles. The second-order valence-electron chi connectivity index (χ2n) is 3.14. The number of rotatable bonds is 4. The molecule has 70 valence electrons. The molecular weight excluding hydrogens is 154 g/mol. The molecule has 0 N–H and O–H groups in total. The van der Waals surface area contributed by atoms with Crippen molar-refractivity contribution in [2.75, 3.05) is 7.05 Å². The molecule has 0 radical (unpaired) electrons. The summed E-state index contributed by atoms with van der Waals surface area (Å²) >= 11 is 0. The average Bonchev–Trinajstić information content (AvgIpc) is 2.00. The Kier molecular flexibility index (Phi) is 4.55. The van der Waals surface area contributed by atoms with Crippen molar-refractivity contribution in [2.45, 2.75) is 39.7 Å². The summed E-state index contributed by atoms with van der Waals surface area (Å²) in [5.74, 6) is -0.160. The summed E-state index contributed by atoms with van der Waals surface area (Å²) in [5.41, 5.74) is 0. The van der Waals surface area contributed by atoms with Gasteiger partial charge in [-0.05, 0) is 20.3 Å². The van der Waals surface area contributed by atoms with Gasteiger partial charge < -0.3 is 4.90 Å². The monoisotopic (exact) mass is 171 g/mol. The van der Waals surface area contributed by atoms with E-state index in [1.54, 1.807) is 11.9 Å². The predicted octanol–water partition coefficient (Wildman–Crippen LogP) is 1.22. The van der Waals surface area contributed by atoms with Crippen LogP contribution in [-0.4, -0.2) is 29.7 Å². The molecule has 0 saturated heterocycles. The van der Waals surface area contributed by atoms with Crippen LogP contribution in [0.15, 0.2) is 0 Å².